The van der Waals surface area contributed by atoms with E-state index in [-0.39, 0.29) is 58.5 Å². The number of alkyl halides is 3. The molecule has 1 N–H and O–H groups in total. The lowest BCUT2D eigenvalue weighted by Gasteiger charge is -2.36. The molecular formula is C12H14Cl5F3N2. The van der Waals surface area contributed by atoms with E-state index in [4.69, 9.17) is 34.8 Å². The summed E-state index contributed by atoms with van der Waals surface area (Å²) in [5, 5.41) is 3.08. The Morgan fingerprint density at radius 3 is 2.09 bits per heavy atom. The zero-order chi connectivity index (χ0) is 14.9. The van der Waals surface area contributed by atoms with Gasteiger partial charge in [-0.25, -0.2) is 0 Å². The topological polar surface area (TPSA) is 15.3 Å². The van der Waals surface area contributed by atoms with Crippen LogP contribution in [0.15, 0.2) is 12.1 Å². The van der Waals surface area contributed by atoms with Crippen LogP contribution in [0.1, 0.15) is 11.6 Å². The van der Waals surface area contributed by atoms with Gasteiger partial charge in [0.05, 0.1) is 10.0 Å². The third-order valence-electron chi connectivity index (χ3n) is 3.14. The van der Waals surface area contributed by atoms with Crippen molar-refractivity contribution in [3.05, 3.63) is 32.8 Å². The second-order valence-electron chi connectivity index (χ2n) is 4.52. The monoisotopic (exact) mass is 418 g/mol. The van der Waals surface area contributed by atoms with Gasteiger partial charge in [0.25, 0.3) is 0 Å². The molecule has 0 radical (unpaired) electrons. The summed E-state index contributed by atoms with van der Waals surface area (Å²) < 4.78 is 40.3. The normalized spacial score (nSPS) is 17.4. The fourth-order valence-electron chi connectivity index (χ4n) is 2.30. The lowest BCUT2D eigenvalue weighted by molar-refractivity contribution is -0.187. The molecule has 1 saturated heterocycles. The molecule has 0 amide bonds. The minimum atomic E-state index is -4.45. The largest absolute Gasteiger partial charge is 0.408 e. The Labute approximate surface area is 154 Å². The van der Waals surface area contributed by atoms with Crippen molar-refractivity contribution < 1.29 is 13.2 Å². The van der Waals surface area contributed by atoms with E-state index < -0.39 is 12.2 Å². The van der Waals surface area contributed by atoms with E-state index in [1.165, 1.54) is 17.0 Å². The Bertz CT molecular complexity index is 492. The zero-order valence-corrected chi connectivity index (χ0v) is 15.0. The van der Waals surface area contributed by atoms with Crippen LogP contribution in [0.5, 0.6) is 0 Å². The summed E-state index contributed by atoms with van der Waals surface area (Å²) in [5.41, 5.74) is -0.0985. The molecule has 0 aromatic heterocycles. The predicted molar refractivity (Wildman–Crippen MR) is 89.2 cm³/mol. The number of piperazine rings is 1. The first-order chi connectivity index (χ1) is 9.30. The van der Waals surface area contributed by atoms with Gasteiger partial charge >= 0.3 is 6.18 Å². The first-order valence-electron chi connectivity index (χ1n) is 5.96. The van der Waals surface area contributed by atoms with Crippen molar-refractivity contribution in [3.63, 3.8) is 0 Å². The van der Waals surface area contributed by atoms with Crippen molar-refractivity contribution in [1.82, 2.24) is 10.2 Å². The first kappa shape index (κ1) is 22.4. The third kappa shape index (κ3) is 5.20. The summed E-state index contributed by atoms with van der Waals surface area (Å²) in [6.07, 6.45) is -4.45. The third-order valence-corrected chi connectivity index (χ3v) is 4.18. The SMILES string of the molecule is Cl.Cl.FC(F)(F)[C@@H](c1cc(Cl)cc(Cl)c1Cl)N1CCNCC1. The van der Waals surface area contributed by atoms with Gasteiger partial charge in [0, 0.05) is 31.2 Å². The van der Waals surface area contributed by atoms with Crippen molar-refractivity contribution in [2.75, 3.05) is 26.2 Å². The van der Waals surface area contributed by atoms with E-state index in [0.717, 1.165) is 0 Å². The molecule has 1 aromatic carbocycles. The van der Waals surface area contributed by atoms with Gasteiger partial charge in [0.15, 0.2) is 0 Å². The van der Waals surface area contributed by atoms with Crippen LogP contribution in [0.3, 0.4) is 0 Å². The Kier molecular flexibility index (Phi) is 9.17. The fourth-order valence-corrected chi connectivity index (χ4v) is 3.02. The summed E-state index contributed by atoms with van der Waals surface area (Å²) in [7, 11) is 0. The Balaban J connectivity index is 0.00000220. The van der Waals surface area contributed by atoms with E-state index in [9.17, 15) is 13.2 Å². The van der Waals surface area contributed by atoms with Gasteiger partial charge in [0.2, 0.25) is 0 Å². The average Bonchev–Trinajstić information content (AvgIpc) is 2.35. The number of hydrogen-bond acceptors (Lipinski definition) is 2. The van der Waals surface area contributed by atoms with Crippen LogP contribution < -0.4 is 5.32 Å². The minimum absolute atomic E-state index is 0. The van der Waals surface area contributed by atoms with Crippen LogP contribution in [0.2, 0.25) is 15.1 Å². The lowest BCUT2D eigenvalue weighted by atomic mass is 10.0. The van der Waals surface area contributed by atoms with Gasteiger partial charge in [-0.2, -0.15) is 13.2 Å². The summed E-state index contributed by atoms with van der Waals surface area (Å²) >= 11 is 17.6. The molecule has 128 valence electrons. The molecule has 10 heteroatoms. The van der Waals surface area contributed by atoms with Crippen molar-refractivity contribution >= 4 is 59.6 Å². The molecule has 1 aromatic rings. The zero-order valence-electron chi connectivity index (χ0n) is 11.1. The second-order valence-corrected chi connectivity index (χ2v) is 5.74. The standard InChI is InChI=1S/C12H12Cl3F3N2.2ClH/c13-7-5-8(10(15)9(14)6-7)11(12(16,17)18)20-3-1-19-2-4-20;;/h5-6,11,19H,1-4H2;2*1H/t11-;;/m1../s1. The number of rotatable bonds is 2. The van der Waals surface area contributed by atoms with Crippen LogP contribution in [-0.2, 0) is 0 Å². The molecule has 0 bridgehead atoms. The first-order valence-corrected chi connectivity index (χ1v) is 7.10. The molecule has 0 unspecified atom stereocenters. The van der Waals surface area contributed by atoms with Crippen LogP contribution >= 0.6 is 59.6 Å². The van der Waals surface area contributed by atoms with Crippen molar-refractivity contribution in [1.29, 1.82) is 0 Å². The van der Waals surface area contributed by atoms with E-state index in [2.05, 4.69) is 5.32 Å². The molecule has 2 rings (SSSR count). The molecule has 1 atom stereocenters. The molecule has 0 aliphatic carbocycles. The summed E-state index contributed by atoms with van der Waals surface area (Å²) in [6, 6.07) is 0.768. The minimum Gasteiger partial charge on any atom is -0.314 e. The summed E-state index contributed by atoms with van der Waals surface area (Å²) in [6.45, 7) is 1.56. The average molecular weight is 421 g/mol. The highest BCUT2D eigenvalue weighted by atomic mass is 35.5. The number of hydrogen-bond donors (Lipinski definition) is 1. The predicted octanol–water partition coefficient (Wildman–Crippen LogP) is 5.00. The lowest BCUT2D eigenvalue weighted by Crippen LogP contribution is -2.49. The highest BCUT2D eigenvalue weighted by molar-refractivity contribution is 6.43. The molecule has 0 saturated carbocycles. The Morgan fingerprint density at radius 2 is 1.59 bits per heavy atom. The molecule has 1 heterocycles. The van der Waals surface area contributed by atoms with E-state index in [1.54, 1.807) is 0 Å². The Hall–Kier alpha value is 0.380. The highest BCUT2D eigenvalue weighted by Crippen LogP contribution is 2.43. The fraction of sp³-hybridized carbons (Fsp3) is 0.500. The van der Waals surface area contributed by atoms with Gasteiger partial charge in [-0.3, -0.25) is 4.90 Å². The maximum atomic E-state index is 13.4. The molecule has 1 aliphatic rings. The highest BCUT2D eigenvalue weighted by Gasteiger charge is 2.46. The number of benzene rings is 1. The number of halogens is 8. The number of nitrogens with zero attached hydrogens (tertiary/aromatic N) is 1. The summed E-state index contributed by atoms with van der Waals surface area (Å²) in [5.74, 6) is 0. The maximum absolute atomic E-state index is 13.4. The van der Waals surface area contributed by atoms with E-state index >= 15 is 0 Å². The van der Waals surface area contributed by atoms with Crippen molar-refractivity contribution in [3.8, 4) is 0 Å². The quantitative estimate of drug-likeness (QED) is 0.678. The molecule has 2 nitrogen and oxygen atoms in total. The molecule has 1 fully saturated rings. The second kappa shape index (κ2) is 9.02. The van der Waals surface area contributed by atoms with Crippen LogP contribution in [0, 0.1) is 0 Å². The molecular weight excluding hydrogens is 406 g/mol. The van der Waals surface area contributed by atoms with Gasteiger partial charge in [0.1, 0.15) is 6.04 Å². The van der Waals surface area contributed by atoms with Gasteiger partial charge in [-0.05, 0) is 17.7 Å². The van der Waals surface area contributed by atoms with E-state index in [0.29, 0.717) is 13.1 Å². The van der Waals surface area contributed by atoms with Gasteiger partial charge in [-0.1, -0.05) is 34.8 Å². The maximum Gasteiger partial charge on any atom is 0.408 e. The van der Waals surface area contributed by atoms with Crippen molar-refractivity contribution in [2.24, 2.45) is 0 Å². The molecule has 1 aliphatic heterocycles. The van der Waals surface area contributed by atoms with Gasteiger partial charge < -0.3 is 5.32 Å². The van der Waals surface area contributed by atoms with Crippen molar-refractivity contribution in [2.45, 2.75) is 12.2 Å². The number of nitrogens with one attached hydrogen (secondary N) is 1. The smallest absolute Gasteiger partial charge is 0.314 e. The summed E-state index contributed by atoms with van der Waals surface area (Å²) in [4.78, 5) is 1.34. The Morgan fingerprint density at radius 1 is 1.05 bits per heavy atom. The van der Waals surface area contributed by atoms with Gasteiger partial charge in [-0.15, -0.1) is 24.8 Å². The van der Waals surface area contributed by atoms with Crippen LogP contribution in [0.4, 0.5) is 13.2 Å². The molecule has 0 spiro atoms. The van der Waals surface area contributed by atoms with Crippen LogP contribution in [0.25, 0.3) is 0 Å². The van der Waals surface area contributed by atoms with E-state index in [1.807, 2.05) is 0 Å². The van der Waals surface area contributed by atoms with Crippen LogP contribution in [-0.4, -0.2) is 37.3 Å². The molecule has 22 heavy (non-hydrogen) atoms.